The standard InChI is InChI=1S/C22H26N2O6S/c1-3-28-22(27)19-6-4-5-11-24(19)20(25)13-30-21(26)16-7-9-18(10-8-16)29-12-17-14-31-15(2)23-17/h7-10,14,19H,3-6,11-13H2,1-2H3. The van der Waals surface area contributed by atoms with E-state index in [0.29, 0.717) is 30.9 Å². The number of piperidine rings is 1. The molecule has 1 atom stereocenters. The highest BCUT2D eigenvalue weighted by Gasteiger charge is 2.33. The molecule has 0 spiro atoms. The zero-order valence-corrected chi connectivity index (χ0v) is 18.5. The SMILES string of the molecule is CCOC(=O)C1CCCCN1C(=O)COC(=O)c1ccc(OCc2csc(C)n2)cc1. The molecule has 1 aliphatic heterocycles. The fourth-order valence-corrected chi connectivity index (χ4v) is 3.92. The lowest BCUT2D eigenvalue weighted by Crippen LogP contribution is -2.50. The van der Waals surface area contributed by atoms with Crippen molar-refractivity contribution in [3.8, 4) is 5.75 Å². The molecule has 2 aromatic rings. The third kappa shape index (κ3) is 6.27. The number of rotatable bonds is 8. The summed E-state index contributed by atoms with van der Waals surface area (Å²) < 4.78 is 15.9. The van der Waals surface area contributed by atoms with Gasteiger partial charge in [-0.05, 0) is 57.4 Å². The van der Waals surface area contributed by atoms with Gasteiger partial charge in [-0.2, -0.15) is 0 Å². The number of hydrogen-bond acceptors (Lipinski definition) is 8. The minimum absolute atomic E-state index is 0.259. The number of hydrogen-bond donors (Lipinski definition) is 0. The number of aromatic nitrogens is 1. The molecule has 0 bridgehead atoms. The van der Waals surface area contributed by atoms with Gasteiger partial charge in [0.05, 0.1) is 22.9 Å². The first-order chi connectivity index (χ1) is 15.0. The number of ether oxygens (including phenoxy) is 3. The van der Waals surface area contributed by atoms with Gasteiger partial charge < -0.3 is 19.1 Å². The Labute approximate surface area is 185 Å². The second-order valence-electron chi connectivity index (χ2n) is 7.10. The normalized spacial score (nSPS) is 15.9. The van der Waals surface area contributed by atoms with Gasteiger partial charge in [0.2, 0.25) is 0 Å². The van der Waals surface area contributed by atoms with Gasteiger partial charge in [0, 0.05) is 11.9 Å². The summed E-state index contributed by atoms with van der Waals surface area (Å²) in [5, 5.41) is 2.91. The highest BCUT2D eigenvalue weighted by molar-refractivity contribution is 7.09. The summed E-state index contributed by atoms with van der Waals surface area (Å²) in [6.07, 6.45) is 2.21. The topological polar surface area (TPSA) is 95.0 Å². The number of aryl methyl sites for hydroxylation is 1. The van der Waals surface area contributed by atoms with E-state index in [1.54, 1.807) is 42.5 Å². The van der Waals surface area contributed by atoms with Crippen molar-refractivity contribution in [1.82, 2.24) is 9.88 Å². The Balaban J connectivity index is 1.50. The lowest BCUT2D eigenvalue weighted by atomic mass is 10.0. The molecule has 0 N–H and O–H groups in total. The lowest BCUT2D eigenvalue weighted by molar-refractivity contribution is -0.157. The van der Waals surface area contributed by atoms with Crippen LogP contribution in [0.15, 0.2) is 29.6 Å². The molecule has 166 valence electrons. The van der Waals surface area contributed by atoms with Crippen molar-refractivity contribution in [2.24, 2.45) is 0 Å². The van der Waals surface area contributed by atoms with Crippen molar-refractivity contribution < 1.29 is 28.6 Å². The molecular weight excluding hydrogens is 420 g/mol. The Hall–Kier alpha value is -2.94. The number of likely N-dealkylation sites (tertiary alicyclic amines) is 1. The third-order valence-electron chi connectivity index (χ3n) is 4.85. The van der Waals surface area contributed by atoms with Crippen molar-refractivity contribution >= 4 is 29.2 Å². The van der Waals surface area contributed by atoms with E-state index in [9.17, 15) is 14.4 Å². The Morgan fingerprint density at radius 3 is 2.61 bits per heavy atom. The van der Waals surface area contributed by atoms with Gasteiger partial charge in [-0.3, -0.25) is 4.79 Å². The summed E-state index contributed by atoms with van der Waals surface area (Å²) >= 11 is 1.56. The first-order valence-corrected chi connectivity index (χ1v) is 11.1. The molecule has 1 unspecified atom stereocenters. The minimum atomic E-state index is -0.613. The minimum Gasteiger partial charge on any atom is -0.487 e. The summed E-state index contributed by atoms with van der Waals surface area (Å²) in [5.74, 6) is -0.821. The Morgan fingerprint density at radius 2 is 1.94 bits per heavy atom. The average molecular weight is 447 g/mol. The van der Waals surface area contributed by atoms with Crippen LogP contribution < -0.4 is 4.74 Å². The van der Waals surface area contributed by atoms with E-state index in [2.05, 4.69) is 4.98 Å². The Bertz CT molecular complexity index is 911. The number of carbonyl (C=O) groups is 3. The zero-order chi connectivity index (χ0) is 22.2. The summed E-state index contributed by atoms with van der Waals surface area (Å²) in [6, 6.07) is 5.88. The van der Waals surface area contributed by atoms with Crippen molar-refractivity contribution in [2.45, 2.75) is 45.8 Å². The highest BCUT2D eigenvalue weighted by Crippen LogP contribution is 2.19. The molecule has 2 heterocycles. The largest absolute Gasteiger partial charge is 0.487 e. The molecule has 1 aromatic heterocycles. The number of amides is 1. The van der Waals surface area contributed by atoms with Crippen molar-refractivity contribution in [1.29, 1.82) is 0 Å². The maximum atomic E-state index is 12.5. The fourth-order valence-electron chi connectivity index (χ4n) is 3.33. The quantitative estimate of drug-likeness (QED) is 0.575. The van der Waals surface area contributed by atoms with Crippen LogP contribution in [0.1, 0.15) is 47.2 Å². The van der Waals surface area contributed by atoms with Crippen LogP contribution in [0.25, 0.3) is 0 Å². The van der Waals surface area contributed by atoms with E-state index < -0.39 is 30.5 Å². The molecule has 0 radical (unpaired) electrons. The average Bonchev–Trinajstić information content (AvgIpc) is 3.21. The van der Waals surface area contributed by atoms with Crippen LogP contribution in [-0.2, 0) is 25.7 Å². The molecule has 0 aliphatic carbocycles. The first-order valence-electron chi connectivity index (χ1n) is 10.2. The molecule has 1 aliphatic rings. The van der Waals surface area contributed by atoms with E-state index in [4.69, 9.17) is 14.2 Å². The fraction of sp³-hybridized carbons (Fsp3) is 0.455. The zero-order valence-electron chi connectivity index (χ0n) is 17.7. The third-order valence-corrected chi connectivity index (χ3v) is 5.67. The Morgan fingerprint density at radius 1 is 1.16 bits per heavy atom. The number of carbonyl (C=O) groups excluding carboxylic acids is 3. The highest BCUT2D eigenvalue weighted by atomic mass is 32.1. The molecule has 1 aromatic carbocycles. The van der Waals surface area contributed by atoms with Gasteiger partial charge in [0.15, 0.2) is 6.61 Å². The van der Waals surface area contributed by atoms with E-state index in [-0.39, 0.29) is 6.61 Å². The molecule has 0 saturated carbocycles. The van der Waals surface area contributed by atoms with Crippen LogP contribution in [0.5, 0.6) is 5.75 Å². The molecule has 8 nitrogen and oxygen atoms in total. The van der Waals surface area contributed by atoms with E-state index >= 15 is 0 Å². The molecule has 1 saturated heterocycles. The maximum Gasteiger partial charge on any atom is 0.338 e. The Kier molecular flexibility index (Phi) is 8.00. The van der Waals surface area contributed by atoms with Crippen molar-refractivity contribution in [3.63, 3.8) is 0 Å². The number of thiazole rings is 1. The number of nitrogens with zero attached hydrogens (tertiary/aromatic N) is 2. The number of esters is 2. The summed E-state index contributed by atoms with van der Waals surface area (Å²) in [6.45, 7) is 4.29. The lowest BCUT2D eigenvalue weighted by Gasteiger charge is -2.33. The molecule has 31 heavy (non-hydrogen) atoms. The van der Waals surface area contributed by atoms with Crippen molar-refractivity contribution in [2.75, 3.05) is 19.8 Å². The predicted octanol–water partition coefficient (Wildman–Crippen LogP) is 3.13. The van der Waals surface area contributed by atoms with Gasteiger partial charge in [0.1, 0.15) is 18.4 Å². The van der Waals surface area contributed by atoms with Crippen LogP contribution >= 0.6 is 11.3 Å². The van der Waals surface area contributed by atoms with Crippen LogP contribution in [-0.4, -0.2) is 53.5 Å². The van der Waals surface area contributed by atoms with Crippen LogP contribution in [0.3, 0.4) is 0 Å². The molecule has 9 heteroatoms. The van der Waals surface area contributed by atoms with Crippen LogP contribution in [0.2, 0.25) is 0 Å². The molecule has 3 rings (SSSR count). The van der Waals surface area contributed by atoms with Crippen molar-refractivity contribution in [3.05, 3.63) is 45.9 Å². The van der Waals surface area contributed by atoms with E-state index in [0.717, 1.165) is 23.5 Å². The van der Waals surface area contributed by atoms with Gasteiger partial charge >= 0.3 is 11.9 Å². The maximum absolute atomic E-state index is 12.5. The second kappa shape index (κ2) is 10.9. The first kappa shape index (κ1) is 22.7. The number of benzene rings is 1. The molecular formula is C22H26N2O6S. The van der Waals surface area contributed by atoms with Crippen LogP contribution in [0.4, 0.5) is 0 Å². The van der Waals surface area contributed by atoms with Gasteiger partial charge in [-0.25, -0.2) is 14.6 Å². The summed E-state index contributed by atoms with van der Waals surface area (Å²) in [4.78, 5) is 42.7. The monoisotopic (exact) mass is 446 g/mol. The summed E-state index contributed by atoms with van der Waals surface area (Å²) in [7, 11) is 0. The summed E-state index contributed by atoms with van der Waals surface area (Å²) in [5.41, 5.74) is 1.16. The van der Waals surface area contributed by atoms with E-state index in [1.165, 1.54) is 4.90 Å². The van der Waals surface area contributed by atoms with Crippen LogP contribution in [0, 0.1) is 6.92 Å². The van der Waals surface area contributed by atoms with Gasteiger partial charge in [-0.15, -0.1) is 11.3 Å². The van der Waals surface area contributed by atoms with E-state index in [1.807, 2.05) is 12.3 Å². The smallest absolute Gasteiger partial charge is 0.338 e. The van der Waals surface area contributed by atoms with Gasteiger partial charge in [-0.1, -0.05) is 0 Å². The second-order valence-corrected chi connectivity index (χ2v) is 8.16. The molecule has 1 amide bonds. The predicted molar refractivity (Wildman–Crippen MR) is 114 cm³/mol. The molecule has 1 fully saturated rings. The van der Waals surface area contributed by atoms with Gasteiger partial charge in [0.25, 0.3) is 5.91 Å².